The van der Waals surface area contributed by atoms with Gasteiger partial charge in [0.15, 0.2) is 0 Å². The standard InChI is InChI=1S/C9H14N2/c1-9(2,3)8-5-4-7(10)6-11-8/h4-6H,10H2,1-3H3/i1D3,2D3,3D3. The summed E-state index contributed by atoms with van der Waals surface area (Å²) in [7, 11) is 0. The van der Waals surface area contributed by atoms with Crippen molar-refractivity contribution in [2.24, 2.45) is 0 Å². The molecule has 0 atom stereocenters. The van der Waals surface area contributed by atoms with Crippen molar-refractivity contribution >= 4 is 5.69 Å². The van der Waals surface area contributed by atoms with Crippen molar-refractivity contribution in [3.8, 4) is 0 Å². The van der Waals surface area contributed by atoms with Crippen LogP contribution in [0.25, 0.3) is 0 Å². The monoisotopic (exact) mass is 159 g/mol. The fraction of sp³-hybridized carbons (Fsp3) is 0.444. The Labute approximate surface area is 80.1 Å². The molecule has 2 heteroatoms. The summed E-state index contributed by atoms with van der Waals surface area (Å²) in [6, 6.07) is 2.25. The number of hydrogen-bond acceptors (Lipinski definition) is 2. The maximum absolute atomic E-state index is 7.48. The van der Waals surface area contributed by atoms with Crippen LogP contribution in [0.4, 0.5) is 5.69 Å². The zero-order valence-corrected chi connectivity index (χ0v) is 5.76. The summed E-state index contributed by atoms with van der Waals surface area (Å²) in [5.41, 5.74) is 1.97. The topological polar surface area (TPSA) is 38.9 Å². The van der Waals surface area contributed by atoms with E-state index in [1.807, 2.05) is 0 Å². The Morgan fingerprint density at radius 1 is 1.45 bits per heavy atom. The highest BCUT2D eigenvalue weighted by atomic mass is 14.7. The van der Waals surface area contributed by atoms with Crippen molar-refractivity contribution < 1.29 is 12.3 Å². The molecule has 0 fully saturated rings. The summed E-state index contributed by atoms with van der Waals surface area (Å²) in [4.78, 5) is 3.65. The molecule has 0 aliphatic carbocycles. The maximum Gasteiger partial charge on any atom is 0.0501 e. The Hall–Kier alpha value is -1.05. The zero-order valence-electron chi connectivity index (χ0n) is 14.8. The van der Waals surface area contributed by atoms with Crippen molar-refractivity contribution in [3.05, 3.63) is 24.0 Å². The van der Waals surface area contributed by atoms with Gasteiger partial charge >= 0.3 is 0 Å². The lowest BCUT2D eigenvalue weighted by Gasteiger charge is -2.16. The third kappa shape index (κ3) is 1.93. The minimum Gasteiger partial charge on any atom is -0.397 e. The van der Waals surface area contributed by atoms with E-state index in [0.29, 0.717) is 0 Å². The second kappa shape index (κ2) is 2.53. The van der Waals surface area contributed by atoms with Gasteiger partial charge in [-0.05, 0) is 12.1 Å². The van der Waals surface area contributed by atoms with Crippen LogP contribution in [0.15, 0.2) is 18.3 Å². The molecule has 1 rings (SSSR count). The normalized spacial score (nSPS) is 27.1. The van der Waals surface area contributed by atoms with Crippen LogP contribution >= 0.6 is 0 Å². The van der Waals surface area contributed by atoms with E-state index in [2.05, 4.69) is 4.98 Å². The molecular weight excluding hydrogens is 136 g/mol. The largest absolute Gasteiger partial charge is 0.397 e. The predicted molar refractivity (Wildman–Crippen MR) is 47.3 cm³/mol. The molecule has 0 spiro atoms. The lowest BCUT2D eigenvalue weighted by atomic mass is 9.92. The molecule has 0 saturated heterocycles. The molecule has 60 valence electrons. The van der Waals surface area contributed by atoms with Crippen LogP contribution in [0.5, 0.6) is 0 Å². The molecule has 0 amide bonds. The van der Waals surface area contributed by atoms with Crippen LogP contribution in [0.2, 0.25) is 0 Å². The molecule has 1 aromatic heterocycles. The summed E-state index contributed by atoms with van der Waals surface area (Å²) < 4.78 is 67.3. The van der Waals surface area contributed by atoms with Gasteiger partial charge in [-0.3, -0.25) is 4.98 Å². The number of nitrogens with zero attached hydrogens (tertiary/aromatic N) is 1. The van der Waals surface area contributed by atoms with Crippen LogP contribution in [0, 0.1) is 0 Å². The highest BCUT2D eigenvalue weighted by molar-refractivity contribution is 5.35. The van der Waals surface area contributed by atoms with E-state index in [1.54, 1.807) is 0 Å². The second-order valence-electron chi connectivity index (χ2n) is 2.23. The smallest absolute Gasteiger partial charge is 0.0501 e. The Kier molecular flexibility index (Phi) is 0.511. The average molecular weight is 159 g/mol. The van der Waals surface area contributed by atoms with Gasteiger partial charge in [0.2, 0.25) is 0 Å². The minimum absolute atomic E-state index is 0.171. The first-order chi connectivity index (χ1) is 8.75. The van der Waals surface area contributed by atoms with Gasteiger partial charge in [0, 0.05) is 23.4 Å². The molecule has 0 bridgehead atoms. The van der Waals surface area contributed by atoms with Crippen molar-refractivity contribution in [3.63, 3.8) is 0 Å². The molecule has 0 unspecified atom stereocenters. The van der Waals surface area contributed by atoms with Gasteiger partial charge in [-0.25, -0.2) is 0 Å². The minimum atomic E-state index is -3.30. The molecule has 2 nitrogen and oxygen atoms in total. The Bertz CT molecular complexity index is 432. The first kappa shape index (κ1) is 2.22. The van der Waals surface area contributed by atoms with Crippen LogP contribution in [0.1, 0.15) is 38.6 Å². The number of anilines is 1. The van der Waals surface area contributed by atoms with E-state index in [-0.39, 0.29) is 5.69 Å². The van der Waals surface area contributed by atoms with Crippen LogP contribution in [-0.2, 0) is 5.41 Å². The van der Waals surface area contributed by atoms with E-state index in [9.17, 15) is 0 Å². The summed E-state index contributed by atoms with van der Waals surface area (Å²) in [5, 5.41) is 0. The molecule has 0 saturated carbocycles. The molecule has 1 aromatic rings. The van der Waals surface area contributed by atoms with Crippen molar-refractivity contribution in [1.82, 2.24) is 4.98 Å². The zero-order chi connectivity index (χ0) is 16.0. The lowest BCUT2D eigenvalue weighted by molar-refractivity contribution is 0.569. The van der Waals surface area contributed by atoms with E-state index in [0.717, 1.165) is 12.3 Å². The van der Waals surface area contributed by atoms with E-state index < -0.39 is 31.7 Å². The van der Waals surface area contributed by atoms with Crippen molar-refractivity contribution in [2.75, 3.05) is 5.73 Å². The second-order valence-corrected chi connectivity index (χ2v) is 2.23. The molecule has 0 aliphatic heterocycles. The number of aromatic nitrogens is 1. The van der Waals surface area contributed by atoms with Crippen LogP contribution < -0.4 is 5.73 Å². The van der Waals surface area contributed by atoms with E-state index in [4.69, 9.17) is 18.1 Å². The van der Waals surface area contributed by atoms with Crippen LogP contribution in [0.3, 0.4) is 0 Å². The predicted octanol–water partition coefficient (Wildman–Crippen LogP) is 1.96. The molecule has 0 aliphatic rings. The number of pyridine rings is 1. The summed E-state index contributed by atoms with van der Waals surface area (Å²) >= 11 is 0. The third-order valence-corrected chi connectivity index (χ3v) is 1.17. The fourth-order valence-electron chi connectivity index (χ4n) is 0.627. The lowest BCUT2D eigenvalue weighted by Crippen LogP contribution is -2.13. The quantitative estimate of drug-likeness (QED) is 0.628. The van der Waals surface area contributed by atoms with Gasteiger partial charge < -0.3 is 5.73 Å². The van der Waals surface area contributed by atoms with Gasteiger partial charge in [0.25, 0.3) is 0 Å². The summed E-state index contributed by atoms with van der Waals surface area (Å²) in [6.07, 6.45) is 1.04. The summed E-state index contributed by atoms with van der Waals surface area (Å²) in [5.74, 6) is 0. The Morgan fingerprint density at radius 3 is 2.64 bits per heavy atom. The van der Waals surface area contributed by atoms with Gasteiger partial charge in [0.1, 0.15) is 0 Å². The SMILES string of the molecule is [2H]C([2H])([2H])C(c1ccc(N)cn1)(C([2H])([2H])[2H])C([2H])([2H])[2H]. The number of nitrogen functional groups attached to an aromatic ring is 1. The van der Waals surface area contributed by atoms with Gasteiger partial charge in [-0.2, -0.15) is 0 Å². The first-order valence-corrected chi connectivity index (χ1v) is 2.97. The van der Waals surface area contributed by atoms with Gasteiger partial charge in [-0.1, -0.05) is 20.6 Å². The van der Waals surface area contributed by atoms with Gasteiger partial charge in [-0.15, -0.1) is 0 Å². The van der Waals surface area contributed by atoms with E-state index >= 15 is 0 Å². The van der Waals surface area contributed by atoms with Crippen LogP contribution in [-0.4, -0.2) is 4.98 Å². The fourth-order valence-corrected chi connectivity index (χ4v) is 0.627. The molecule has 0 radical (unpaired) electrons. The molecular formula is C9H14N2. The highest BCUT2D eigenvalue weighted by Gasteiger charge is 2.13. The average Bonchev–Trinajstić information content (AvgIpc) is 2.14. The highest BCUT2D eigenvalue weighted by Crippen LogP contribution is 2.19. The van der Waals surface area contributed by atoms with E-state index in [1.165, 1.54) is 6.07 Å². The van der Waals surface area contributed by atoms with Crippen molar-refractivity contribution in [1.29, 1.82) is 0 Å². The number of hydrogen-bond donors (Lipinski definition) is 1. The van der Waals surface area contributed by atoms with Crippen molar-refractivity contribution in [2.45, 2.75) is 26.0 Å². The first-order valence-electron chi connectivity index (χ1n) is 7.47. The van der Waals surface area contributed by atoms with Gasteiger partial charge in [0.05, 0.1) is 11.9 Å². The molecule has 2 N–H and O–H groups in total. The number of rotatable bonds is 0. The third-order valence-electron chi connectivity index (χ3n) is 1.17. The molecule has 0 aromatic carbocycles. The number of nitrogens with two attached hydrogens (primary N) is 1. The maximum atomic E-state index is 7.48. The molecule has 1 heterocycles. The Morgan fingerprint density at radius 2 is 2.18 bits per heavy atom. The molecule has 11 heavy (non-hydrogen) atoms. The Balaban J connectivity index is 3.77. The summed E-state index contributed by atoms with van der Waals surface area (Å²) in [6.45, 7) is -9.90.